The Kier molecular flexibility index (Phi) is 6.53. The first-order chi connectivity index (χ1) is 13.8. The van der Waals surface area contributed by atoms with E-state index >= 15 is 0 Å². The van der Waals surface area contributed by atoms with E-state index in [0.717, 1.165) is 5.39 Å². The number of benzene rings is 3. The average molecular weight is 421 g/mol. The normalized spacial score (nSPS) is 13.6. The first-order valence-electron chi connectivity index (χ1n) is 8.74. The van der Waals surface area contributed by atoms with Gasteiger partial charge in [-0.2, -0.15) is 13.2 Å². The molecule has 0 spiro atoms. The molecule has 3 rings (SSSR count). The lowest BCUT2D eigenvalue weighted by Gasteiger charge is -2.21. The summed E-state index contributed by atoms with van der Waals surface area (Å²) in [6, 6.07) is 18.2. The van der Waals surface area contributed by atoms with Crippen LogP contribution in [0, 0.1) is 0 Å². The zero-order valence-corrected chi connectivity index (χ0v) is 16.0. The van der Waals surface area contributed by atoms with Gasteiger partial charge in [-0.25, -0.2) is 4.79 Å². The van der Waals surface area contributed by atoms with Crippen molar-refractivity contribution in [1.82, 2.24) is 5.32 Å². The van der Waals surface area contributed by atoms with Gasteiger partial charge in [0, 0.05) is 4.90 Å². The molecule has 1 amide bonds. The van der Waals surface area contributed by atoms with E-state index in [2.05, 4.69) is 0 Å². The molecule has 29 heavy (non-hydrogen) atoms. The van der Waals surface area contributed by atoms with Crippen LogP contribution in [0.25, 0.3) is 10.8 Å². The third kappa shape index (κ3) is 5.57. The maximum absolute atomic E-state index is 13.4. The molecule has 0 aliphatic carbocycles. The van der Waals surface area contributed by atoms with Crippen LogP contribution >= 0.6 is 0 Å². The van der Waals surface area contributed by atoms with Gasteiger partial charge >= 0.3 is 12.3 Å². The lowest BCUT2D eigenvalue weighted by atomic mass is 10.1. The van der Waals surface area contributed by atoms with Crippen LogP contribution in [0.2, 0.25) is 0 Å². The molecule has 1 N–H and O–H groups in total. The number of hydrogen-bond donors (Lipinski definition) is 1. The van der Waals surface area contributed by atoms with Crippen molar-refractivity contribution < 1.29 is 26.9 Å². The second-order valence-corrected chi connectivity index (χ2v) is 7.75. The molecule has 0 fully saturated rings. The predicted molar refractivity (Wildman–Crippen MR) is 105 cm³/mol. The van der Waals surface area contributed by atoms with Crippen molar-refractivity contribution >= 4 is 27.7 Å². The maximum atomic E-state index is 13.4. The lowest BCUT2D eigenvalue weighted by Crippen LogP contribution is -2.48. The Morgan fingerprint density at radius 3 is 2.34 bits per heavy atom. The Hall–Kier alpha value is -2.87. The molecule has 0 saturated heterocycles. The molecule has 0 aromatic heterocycles. The molecule has 0 radical (unpaired) electrons. The quantitative estimate of drug-likeness (QED) is 0.622. The van der Waals surface area contributed by atoms with Gasteiger partial charge in [-0.3, -0.25) is 4.21 Å². The van der Waals surface area contributed by atoms with Crippen molar-refractivity contribution in [2.75, 3.05) is 5.75 Å². The minimum absolute atomic E-state index is 0.163. The Bertz CT molecular complexity index is 1000. The minimum Gasteiger partial charge on any atom is -0.445 e. The number of alkyl carbamates (subject to hydrolysis) is 1. The molecule has 152 valence electrons. The number of alkyl halides is 3. The van der Waals surface area contributed by atoms with Gasteiger partial charge in [0.15, 0.2) is 0 Å². The number of fused-ring (bicyclic) bond motifs is 1. The van der Waals surface area contributed by atoms with E-state index in [1.165, 1.54) is 6.07 Å². The second kappa shape index (κ2) is 9.09. The summed E-state index contributed by atoms with van der Waals surface area (Å²) in [5.74, 6) is -0.808. The highest BCUT2D eigenvalue weighted by Gasteiger charge is 2.42. The average Bonchev–Trinajstić information content (AvgIpc) is 2.71. The van der Waals surface area contributed by atoms with Crippen molar-refractivity contribution in [3.63, 3.8) is 0 Å². The molecule has 0 aliphatic heterocycles. The molecule has 0 aliphatic rings. The van der Waals surface area contributed by atoms with Crippen molar-refractivity contribution in [3.8, 4) is 0 Å². The molecule has 0 heterocycles. The summed E-state index contributed by atoms with van der Waals surface area (Å²) in [7, 11) is -1.98. The number of halogens is 3. The van der Waals surface area contributed by atoms with Crippen molar-refractivity contribution in [1.29, 1.82) is 0 Å². The van der Waals surface area contributed by atoms with Gasteiger partial charge in [0.05, 0.1) is 16.6 Å². The first-order valence-corrected chi connectivity index (χ1v) is 10.1. The maximum Gasteiger partial charge on any atom is 0.409 e. The lowest BCUT2D eigenvalue weighted by molar-refractivity contribution is -0.149. The number of rotatable bonds is 6. The van der Waals surface area contributed by atoms with Crippen LogP contribution < -0.4 is 5.32 Å². The van der Waals surface area contributed by atoms with Gasteiger partial charge in [0.1, 0.15) is 12.6 Å². The Labute approximate surface area is 168 Å². The van der Waals surface area contributed by atoms with Crippen LogP contribution in [0.4, 0.5) is 18.0 Å². The summed E-state index contributed by atoms with van der Waals surface area (Å²) >= 11 is 0. The van der Waals surface area contributed by atoms with Gasteiger partial charge in [0.25, 0.3) is 0 Å². The molecule has 3 aromatic carbocycles. The van der Waals surface area contributed by atoms with Crippen molar-refractivity contribution in [3.05, 3.63) is 78.4 Å². The van der Waals surface area contributed by atoms with E-state index in [0.29, 0.717) is 10.9 Å². The fourth-order valence-electron chi connectivity index (χ4n) is 2.76. The summed E-state index contributed by atoms with van der Waals surface area (Å²) in [4.78, 5) is 12.2. The topological polar surface area (TPSA) is 55.4 Å². The predicted octanol–water partition coefficient (Wildman–Crippen LogP) is 4.80. The third-order valence-electron chi connectivity index (χ3n) is 4.21. The Morgan fingerprint density at radius 2 is 1.62 bits per heavy atom. The van der Waals surface area contributed by atoms with E-state index in [9.17, 15) is 22.2 Å². The van der Waals surface area contributed by atoms with Crippen LogP contribution in [0.3, 0.4) is 0 Å². The van der Waals surface area contributed by atoms with Gasteiger partial charge < -0.3 is 10.1 Å². The Balaban J connectivity index is 1.70. The first kappa shape index (κ1) is 20.9. The third-order valence-corrected chi connectivity index (χ3v) is 5.70. The van der Waals surface area contributed by atoms with Crippen molar-refractivity contribution in [2.24, 2.45) is 0 Å². The molecule has 2 atom stereocenters. The van der Waals surface area contributed by atoms with E-state index in [1.54, 1.807) is 72.0 Å². The summed E-state index contributed by atoms with van der Waals surface area (Å²) in [6.45, 7) is -0.163. The fraction of sp³-hybridized carbons (Fsp3) is 0.190. The molecule has 0 unspecified atom stereocenters. The summed E-state index contributed by atoms with van der Waals surface area (Å²) in [6.07, 6.45) is -5.99. The minimum atomic E-state index is -4.77. The number of hydrogen-bond acceptors (Lipinski definition) is 3. The summed E-state index contributed by atoms with van der Waals surface area (Å²) in [5.41, 5.74) is 0.644. The Morgan fingerprint density at radius 1 is 0.966 bits per heavy atom. The number of amides is 1. The van der Waals surface area contributed by atoms with Crippen LogP contribution in [-0.4, -0.2) is 28.3 Å². The molecule has 8 heteroatoms. The second-order valence-electron chi connectivity index (χ2n) is 6.29. The molecule has 0 bridgehead atoms. The monoisotopic (exact) mass is 421 g/mol. The standard InChI is InChI=1S/C21H18F3NO3S/c22-21(23,24)19(25-20(26)28-13-15-7-2-1-3-8-15)14-29(27)18-12-6-10-16-9-4-5-11-17(16)18/h1-12,19H,13-14H2,(H,25,26)/t19-,29+/m1/s1. The van der Waals surface area contributed by atoms with E-state index in [1.807, 2.05) is 0 Å². The highest BCUT2D eigenvalue weighted by Crippen LogP contribution is 2.26. The molecular weight excluding hydrogens is 403 g/mol. The van der Waals surface area contributed by atoms with Gasteiger partial charge in [-0.1, -0.05) is 66.7 Å². The SMILES string of the molecule is O=C(N[C@H](C[S@](=O)c1cccc2ccccc12)C(F)(F)F)OCc1ccccc1. The van der Waals surface area contributed by atoms with E-state index in [-0.39, 0.29) is 11.5 Å². The fourth-order valence-corrected chi connectivity index (χ4v) is 4.18. The van der Waals surface area contributed by atoms with E-state index in [4.69, 9.17) is 4.74 Å². The summed E-state index contributed by atoms with van der Waals surface area (Å²) in [5, 5.41) is 3.18. The van der Waals surface area contributed by atoms with Crippen LogP contribution in [-0.2, 0) is 22.1 Å². The van der Waals surface area contributed by atoms with Crippen molar-refractivity contribution in [2.45, 2.75) is 23.7 Å². The van der Waals surface area contributed by atoms with Crippen LogP contribution in [0.15, 0.2) is 77.7 Å². The van der Waals surface area contributed by atoms with Crippen LogP contribution in [0.1, 0.15) is 5.56 Å². The molecule has 0 saturated carbocycles. The van der Waals surface area contributed by atoms with E-state index < -0.39 is 34.9 Å². The molecule has 3 aromatic rings. The molecular formula is C21H18F3NO3S. The number of carbonyl (C=O) groups is 1. The smallest absolute Gasteiger partial charge is 0.409 e. The van der Waals surface area contributed by atoms with Gasteiger partial charge in [-0.05, 0) is 22.4 Å². The largest absolute Gasteiger partial charge is 0.445 e. The zero-order valence-electron chi connectivity index (χ0n) is 15.2. The molecule has 4 nitrogen and oxygen atoms in total. The number of nitrogens with one attached hydrogen (secondary N) is 1. The number of ether oxygens (including phenoxy) is 1. The highest BCUT2D eigenvalue weighted by atomic mass is 32.2. The van der Waals surface area contributed by atoms with Gasteiger partial charge in [0.2, 0.25) is 0 Å². The zero-order chi connectivity index (χ0) is 20.9. The summed E-state index contributed by atoms with van der Waals surface area (Å²) < 4.78 is 57.8. The van der Waals surface area contributed by atoms with Crippen LogP contribution in [0.5, 0.6) is 0 Å². The number of carbonyl (C=O) groups excluding carboxylic acids is 1. The highest BCUT2D eigenvalue weighted by molar-refractivity contribution is 7.85. The van der Waals surface area contributed by atoms with Gasteiger partial charge in [-0.15, -0.1) is 0 Å².